The van der Waals surface area contributed by atoms with Gasteiger partial charge in [0.05, 0.1) is 23.5 Å². The Bertz CT molecular complexity index is 874. The van der Waals surface area contributed by atoms with E-state index in [0.29, 0.717) is 11.4 Å². The maximum Gasteiger partial charge on any atom is 0.387 e. The Kier molecular flexibility index (Phi) is 5.03. The summed E-state index contributed by atoms with van der Waals surface area (Å²) >= 11 is 5.74. The number of hydrogen-bond donors (Lipinski definition) is 1. The number of alkyl halides is 2. The van der Waals surface area contributed by atoms with Crippen LogP contribution < -0.4 is 10.1 Å². The lowest BCUT2D eigenvalue weighted by molar-refractivity contribution is -0.0495. The smallest absolute Gasteiger partial charge is 0.387 e. The van der Waals surface area contributed by atoms with Crippen LogP contribution >= 0.6 is 11.6 Å². The predicted octanol–water partition coefficient (Wildman–Crippen LogP) is 3.67. The molecule has 10 heteroatoms. The van der Waals surface area contributed by atoms with Gasteiger partial charge in [0, 0.05) is 6.20 Å². The van der Waals surface area contributed by atoms with Gasteiger partial charge in [-0.15, -0.1) is 5.10 Å². The molecular formula is C15H11ClF3N5O. The highest BCUT2D eigenvalue weighted by Gasteiger charge is 2.11. The van der Waals surface area contributed by atoms with Crippen molar-refractivity contribution in [2.24, 2.45) is 0 Å². The molecule has 0 aliphatic heterocycles. The summed E-state index contributed by atoms with van der Waals surface area (Å²) < 4.78 is 43.7. The number of nitrogens with zero attached hydrogens (tertiary/aromatic N) is 4. The van der Waals surface area contributed by atoms with Crippen molar-refractivity contribution in [2.75, 3.05) is 5.32 Å². The molecular weight excluding hydrogens is 359 g/mol. The second kappa shape index (κ2) is 7.39. The molecule has 3 rings (SSSR count). The lowest BCUT2D eigenvalue weighted by atomic mass is 10.3. The number of hydrogen-bond acceptors (Lipinski definition) is 5. The number of aromatic nitrogens is 4. The van der Waals surface area contributed by atoms with Crippen LogP contribution in [0.2, 0.25) is 5.02 Å². The van der Waals surface area contributed by atoms with Crippen molar-refractivity contribution in [2.45, 2.75) is 13.2 Å². The second-order valence-electron chi connectivity index (χ2n) is 4.84. The first-order valence-electron chi connectivity index (χ1n) is 7.03. The van der Waals surface area contributed by atoms with Crippen LogP contribution in [-0.4, -0.2) is 26.6 Å². The minimum absolute atomic E-state index is 0.0325. The molecule has 0 radical (unpaired) electrons. The van der Waals surface area contributed by atoms with Crippen LogP contribution in [0.15, 0.2) is 42.7 Å². The average Bonchev–Trinajstić information content (AvgIpc) is 3.05. The first-order valence-corrected chi connectivity index (χ1v) is 7.41. The Hall–Kier alpha value is -2.81. The molecule has 2 heterocycles. The topological polar surface area (TPSA) is 64.9 Å². The van der Waals surface area contributed by atoms with Crippen molar-refractivity contribution in [1.29, 1.82) is 0 Å². The van der Waals surface area contributed by atoms with E-state index in [2.05, 4.69) is 25.3 Å². The summed E-state index contributed by atoms with van der Waals surface area (Å²) in [5.41, 5.74) is 1.04. The first kappa shape index (κ1) is 17.0. The number of benzene rings is 1. The number of ether oxygens (including phenoxy) is 1. The number of anilines is 1. The third kappa shape index (κ3) is 4.18. The van der Waals surface area contributed by atoms with Gasteiger partial charge in [-0.05, 0) is 30.3 Å². The van der Waals surface area contributed by atoms with Gasteiger partial charge >= 0.3 is 6.61 Å². The van der Waals surface area contributed by atoms with Crippen LogP contribution in [0.3, 0.4) is 0 Å². The SMILES string of the molecule is Fc1ccc(-n2cc(CNc3ncccc3OC(F)F)nn2)cc1Cl. The summed E-state index contributed by atoms with van der Waals surface area (Å²) in [5, 5.41) is 10.7. The van der Waals surface area contributed by atoms with Crippen LogP contribution in [0.5, 0.6) is 5.75 Å². The first-order chi connectivity index (χ1) is 12.0. The van der Waals surface area contributed by atoms with E-state index in [-0.39, 0.29) is 23.1 Å². The van der Waals surface area contributed by atoms with Gasteiger partial charge in [0.2, 0.25) is 0 Å². The minimum Gasteiger partial charge on any atom is -0.431 e. The van der Waals surface area contributed by atoms with Gasteiger partial charge in [-0.3, -0.25) is 0 Å². The van der Waals surface area contributed by atoms with Crippen molar-refractivity contribution < 1.29 is 17.9 Å². The van der Waals surface area contributed by atoms with Gasteiger partial charge in [0.15, 0.2) is 11.6 Å². The zero-order valence-corrected chi connectivity index (χ0v) is 13.3. The van der Waals surface area contributed by atoms with Crippen molar-refractivity contribution in [3.63, 3.8) is 0 Å². The standard InChI is InChI=1S/C15H11ClF3N5O/c16-11-6-10(3-4-12(11)17)24-8-9(22-23-24)7-21-14-13(25-15(18)19)2-1-5-20-14/h1-6,8,15H,7H2,(H,20,21). The Balaban J connectivity index is 1.71. The molecule has 6 nitrogen and oxygen atoms in total. The van der Waals surface area contributed by atoms with Gasteiger partial charge in [-0.2, -0.15) is 8.78 Å². The van der Waals surface area contributed by atoms with Crippen molar-refractivity contribution in [3.05, 3.63) is 59.3 Å². The van der Waals surface area contributed by atoms with Gasteiger partial charge < -0.3 is 10.1 Å². The molecule has 0 unspecified atom stereocenters. The maximum atomic E-state index is 13.2. The summed E-state index contributed by atoms with van der Waals surface area (Å²) in [7, 11) is 0. The van der Waals surface area contributed by atoms with Gasteiger partial charge in [0.1, 0.15) is 11.5 Å². The summed E-state index contributed by atoms with van der Waals surface area (Å²) in [6.45, 7) is -2.78. The molecule has 0 spiro atoms. The fraction of sp³-hybridized carbons (Fsp3) is 0.133. The summed E-state index contributed by atoms with van der Waals surface area (Å²) in [5.74, 6) is -0.452. The molecule has 0 saturated heterocycles. The van der Waals surface area contributed by atoms with Crippen molar-refractivity contribution in [3.8, 4) is 11.4 Å². The fourth-order valence-electron chi connectivity index (χ4n) is 2.02. The molecule has 2 aromatic heterocycles. The largest absolute Gasteiger partial charge is 0.431 e. The molecule has 0 fully saturated rings. The minimum atomic E-state index is -2.95. The summed E-state index contributed by atoms with van der Waals surface area (Å²) in [4.78, 5) is 3.95. The van der Waals surface area contributed by atoms with E-state index in [4.69, 9.17) is 11.6 Å². The summed E-state index contributed by atoms with van der Waals surface area (Å²) in [6, 6.07) is 6.99. The fourth-order valence-corrected chi connectivity index (χ4v) is 2.20. The van der Waals surface area contributed by atoms with E-state index >= 15 is 0 Å². The van der Waals surface area contributed by atoms with E-state index in [1.807, 2.05) is 0 Å². The predicted molar refractivity (Wildman–Crippen MR) is 84.5 cm³/mol. The van der Waals surface area contributed by atoms with Crippen LogP contribution in [0, 0.1) is 5.82 Å². The lowest BCUT2D eigenvalue weighted by Gasteiger charge is -2.10. The molecule has 1 N–H and O–H groups in total. The lowest BCUT2D eigenvalue weighted by Crippen LogP contribution is -2.08. The molecule has 0 aliphatic carbocycles. The van der Waals surface area contributed by atoms with Crippen molar-refractivity contribution >= 4 is 17.4 Å². The van der Waals surface area contributed by atoms with E-state index in [9.17, 15) is 13.2 Å². The number of halogens is 4. The van der Waals surface area contributed by atoms with Gasteiger partial charge in [0.25, 0.3) is 0 Å². The van der Waals surface area contributed by atoms with E-state index < -0.39 is 12.4 Å². The Labute approximate surface area is 145 Å². The second-order valence-corrected chi connectivity index (χ2v) is 5.24. The molecule has 0 bridgehead atoms. The molecule has 0 atom stereocenters. The normalized spacial score (nSPS) is 10.9. The molecule has 3 aromatic rings. The zero-order valence-electron chi connectivity index (χ0n) is 12.5. The van der Waals surface area contributed by atoms with Crippen LogP contribution in [0.25, 0.3) is 5.69 Å². The average molecular weight is 370 g/mol. The molecule has 0 saturated carbocycles. The van der Waals surface area contributed by atoms with Crippen molar-refractivity contribution in [1.82, 2.24) is 20.0 Å². The third-order valence-electron chi connectivity index (χ3n) is 3.13. The Morgan fingerprint density at radius 3 is 2.88 bits per heavy atom. The molecule has 1 aromatic carbocycles. The zero-order chi connectivity index (χ0) is 17.8. The molecule has 0 amide bonds. The quantitative estimate of drug-likeness (QED) is 0.718. The van der Waals surface area contributed by atoms with E-state index in [1.54, 1.807) is 6.20 Å². The highest BCUT2D eigenvalue weighted by atomic mass is 35.5. The molecule has 25 heavy (non-hydrogen) atoms. The molecule has 130 valence electrons. The summed E-state index contributed by atoms with van der Waals surface area (Å²) in [6.07, 6.45) is 3.03. The van der Waals surface area contributed by atoms with Gasteiger partial charge in [-0.25, -0.2) is 14.1 Å². The monoisotopic (exact) mass is 369 g/mol. The number of nitrogens with one attached hydrogen (secondary N) is 1. The van der Waals surface area contributed by atoms with Crippen LogP contribution in [0.4, 0.5) is 19.0 Å². The van der Waals surface area contributed by atoms with E-state index in [1.165, 1.54) is 41.2 Å². The van der Waals surface area contributed by atoms with Gasteiger partial charge in [-0.1, -0.05) is 16.8 Å². The van der Waals surface area contributed by atoms with Crippen LogP contribution in [0.1, 0.15) is 5.69 Å². The molecule has 0 aliphatic rings. The maximum absolute atomic E-state index is 13.2. The van der Waals surface area contributed by atoms with Crippen LogP contribution in [-0.2, 0) is 6.54 Å². The number of rotatable bonds is 6. The number of pyridine rings is 1. The Morgan fingerprint density at radius 1 is 1.28 bits per heavy atom. The third-order valence-corrected chi connectivity index (χ3v) is 3.42. The van der Waals surface area contributed by atoms with E-state index in [0.717, 1.165) is 0 Å². The highest BCUT2D eigenvalue weighted by Crippen LogP contribution is 2.23. The highest BCUT2D eigenvalue weighted by molar-refractivity contribution is 6.30. The Morgan fingerprint density at radius 2 is 2.12 bits per heavy atom.